The maximum Gasteiger partial charge on any atom is 0.230 e. The summed E-state index contributed by atoms with van der Waals surface area (Å²) in [5.41, 5.74) is 10.1. The second kappa shape index (κ2) is 9.37. The van der Waals surface area contributed by atoms with Crippen LogP contribution in [0.4, 0.5) is 0 Å². The molecule has 152 valence electrons. The smallest absolute Gasteiger partial charge is 0.230 e. The monoisotopic (exact) mass is 383 g/mol. The van der Waals surface area contributed by atoms with Crippen LogP contribution in [0.15, 0.2) is 35.3 Å². The molecule has 3 N–H and O–H groups in total. The van der Waals surface area contributed by atoms with Gasteiger partial charge in [-0.1, -0.05) is 32.8 Å². The Morgan fingerprint density at radius 2 is 2.11 bits per heavy atom. The molecule has 2 aliphatic rings. The summed E-state index contributed by atoms with van der Waals surface area (Å²) in [6.45, 7) is 7.47. The summed E-state index contributed by atoms with van der Waals surface area (Å²) in [6, 6.07) is 4.09. The van der Waals surface area contributed by atoms with Gasteiger partial charge in [0, 0.05) is 24.5 Å². The second-order valence-corrected chi connectivity index (χ2v) is 7.89. The molecule has 0 saturated heterocycles. The fraction of sp³-hybridized carbons (Fsp3) is 0.565. The van der Waals surface area contributed by atoms with Crippen molar-refractivity contribution < 1.29 is 9.47 Å². The van der Waals surface area contributed by atoms with Crippen molar-refractivity contribution in [2.75, 3.05) is 13.3 Å². The quantitative estimate of drug-likeness (QED) is 0.709. The van der Waals surface area contributed by atoms with Gasteiger partial charge in [0.2, 0.25) is 6.79 Å². The fourth-order valence-corrected chi connectivity index (χ4v) is 4.16. The van der Waals surface area contributed by atoms with Crippen molar-refractivity contribution in [1.29, 1.82) is 5.41 Å². The van der Waals surface area contributed by atoms with Crippen LogP contribution >= 0.6 is 0 Å². The number of nitrogens with two attached hydrogens (primary N) is 1. The van der Waals surface area contributed by atoms with E-state index in [1.54, 1.807) is 0 Å². The highest BCUT2D eigenvalue weighted by Gasteiger charge is 2.28. The first kappa shape index (κ1) is 20.6. The highest BCUT2D eigenvalue weighted by atomic mass is 16.7. The van der Waals surface area contributed by atoms with Crippen molar-refractivity contribution in [3.63, 3.8) is 0 Å². The highest BCUT2D eigenvalue weighted by molar-refractivity contribution is 5.34. The van der Waals surface area contributed by atoms with Gasteiger partial charge in [0.05, 0.1) is 11.1 Å². The molecule has 1 aliphatic heterocycles. The minimum atomic E-state index is 0.276. The van der Waals surface area contributed by atoms with E-state index in [0.29, 0.717) is 24.6 Å². The molecule has 0 amide bonds. The molecule has 0 saturated carbocycles. The maximum absolute atomic E-state index is 8.55. The largest absolute Gasteiger partial charge is 0.458 e. The standard InChI is InChI=1S/C23H33N3O2/c1-4-6-15(3)23-20(25)10-16(7-8-24)9-19(26-23)11-18-13-22-21(27-14-28-22)12-17(18)5-2/h9-10,13,15,17,25H,4-8,11-12,14,24H2,1-3H3. The molecule has 0 fully saturated rings. The van der Waals surface area contributed by atoms with E-state index in [1.165, 1.54) is 5.57 Å². The molecule has 5 nitrogen and oxygen atoms in total. The van der Waals surface area contributed by atoms with Crippen molar-refractivity contribution in [1.82, 2.24) is 4.98 Å². The Kier molecular flexibility index (Phi) is 6.89. The molecule has 5 heteroatoms. The molecule has 0 bridgehead atoms. The zero-order valence-electron chi connectivity index (χ0n) is 17.4. The van der Waals surface area contributed by atoms with E-state index in [1.807, 2.05) is 6.07 Å². The number of aromatic nitrogens is 1. The average molecular weight is 384 g/mol. The van der Waals surface area contributed by atoms with Crippen molar-refractivity contribution in [3.05, 3.63) is 57.6 Å². The van der Waals surface area contributed by atoms with Gasteiger partial charge in [0.1, 0.15) is 5.76 Å². The lowest BCUT2D eigenvalue weighted by atomic mass is 9.85. The van der Waals surface area contributed by atoms with Gasteiger partial charge in [0.15, 0.2) is 5.76 Å². The summed E-state index contributed by atoms with van der Waals surface area (Å²) in [4.78, 5) is 4.99. The van der Waals surface area contributed by atoms with Crippen LogP contribution < -0.4 is 11.1 Å². The Balaban J connectivity index is 1.99. The average Bonchev–Trinajstić information content (AvgIpc) is 3.06. The van der Waals surface area contributed by atoms with Gasteiger partial charge >= 0.3 is 0 Å². The normalized spacial score (nSPS) is 19.6. The van der Waals surface area contributed by atoms with Gasteiger partial charge in [-0.25, -0.2) is 0 Å². The van der Waals surface area contributed by atoms with E-state index in [4.69, 9.17) is 25.6 Å². The summed E-state index contributed by atoms with van der Waals surface area (Å²) < 4.78 is 11.2. The predicted octanol–water partition coefficient (Wildman–Crippen LogP) is 4.08. The summed E-state index contributed by atoms with van der Waals surface area (Å²) in [5.74, 6) is 2.58. The lowest BCUT2D eigenvalue weighted by Gasteiger charge is -2.22. The molecule has 0 aromatic carbocycles. The van der Waals surface area contributed by atoms with Crippen LogP contribution in [0.1, 0.15) is 69.3 Å². The zero-order valence-corrected chi connectivity index (χ0v) is 17.4. The van der Waals surface area contributed by atoms with Crippen LogP contribution in [-0.2, 0) is 22.3 Å². The zero-order chi connectivity index (χ0) is 20.1. The van der Waals surface area contributed by atoms with E-state index in [-0.39, 0.29) is 5.92 Å². The number of rotatable bonds is 8. The van der Waals surface area contributed by atoms with E-state index in [9.17, 15) is 0 Å². The molecule has 1 aromatic rings. The molecule has 3 rings (SSSR count). The highest BCUT2D eigenvalue weighted by Crippen LogP contribution is 2.36. The summed E-state index contributed by atoms with van der Waals surface area (Å²) in [7, 11) is 0. The van der Waals surface area contributed by atoms with Crippen LogP contribution in [0.5, 0.6) is 0 Å². The third-order valence-corrected chi connectivity index (χ3v) is 5.72. The third-order valence-electron chi connectivity index (χ3n) is 5.72. The molecule has 2 unspecified atom stereocenters. The molecule has 0 radical (unpaired) electrons. The predicted molar refractivity (Wildman–Crippen MR) is 110 cm³/mol. The van der Waals surface area contributed by atoms with E-state index in [0.717, 1.165) is 67.0 Å². The van der Waals surface area contributed by atoms with Gasteiger partial charge in [0.25, 0.3) is 0 Å². The van der Waals surface area contributed by atoms with Crippen molar-refractivity contribution in [2.45, 2.75) is 65.2 Å². The number of nitrogens with zero attached hydrogens (tertiary/aromatic N) is 1. The molecule has 28 heavy (non-hydrogen) atoms. The SMILES string of the molecule is CCCC(C)c1nc(CC2=CC3=C(CC2CC)OCO3)cc(CCN)cc1=N. The Morgan fingerprint density at radius 1 is 1.29 bits per heavy atom. The van der Waals surface area contributed by atoms with Gasteiger partial charge < -0.3 is 15.2 Å². The molecule has 1 aliphatic carbocycles. The topological polar surface area (TPSA) is 81.2 Å². The fourth-order valence-electron chi connectivity index (χ4n) is 4.16. The molecule has 2 heterocycles. The van der Waals surface area contributed by atoms with Gasteiger partial charge in [-0.2, -0.15) is 0 Å². The van der Waals surface area contributed by atoms with Crippen LogP contribution in [-0.4, -0.2) is 18.3 Å². The van der Waals surface area contributed by atoms with Crippen LogP contribution in [0.2, 0.25) is 0 Å². The number of nitrogens with one attached hydrogen (secondary N) is 1. The van der Waals surface area contributed by atoms with E-state index >= 15 is 0 Å². The lowest BCUT2D eigenvalue weighted by molar-refractivity contribution is 0.0717. The van der Waals surface area contributed by atoms with E-state index in [2.05, 4.69) is 32.9 Å². The summed E-state index contributed by atoms with van der Waals surface area (Å²) >= 11 is 0. The number of allylic oxidation sites excluding steroid dienone is 3. The molecular formula is C23H33N3O2. The van der Waals surface area contributed by atoms with Crippen molar-refractivity contribution >= 4 is 0 Å². The van der Waals surface area contributed by atoms with Crippen molar-refractivity contribution in [2.24, 2.45) is 11.7 Å². The summed E-state index contributed by atoms with van der Waals surface area (Å²) in [5, 5.41) is 9.07. The number of hydrogen-bond donors (Lipinski definition) is 2. The Bertz CT molecular complexity index is 829. The second-order valence-electron chi connectivity index (χ2n) is 7.89. The number of ether oxygens (including phenoxy) is 2. The molecule has 1 aromatic heterocycles. The van der Waals surface area contributed by atoms with Crippen LogP contribution in [0.25, 0.3) is 0 Å². The first-order chi connectivity index (χ1) is 13.5. The maximum atomic E-state index is 8.55. The molecule has 2 atom stereocenters. The minimum Gasteiger partial charge on any atom is -0.458 e. The Hall–Kier alpha value is -2.14. The summed E-state index contributed by atoms with van der Waals surface area (Å²) in [6.07, 6.45) is 7.77. The number of hydrogen-bond acceptors (Lipinski definition) is 5. The van der Waals surface area contributed by atoms with Crippen LogP contribution in [0.3, 0.4) is 0 Å². The third kappa shape index (κ3) is 4.64. The Morgan fingerprint density at radius 3 is 2.82 bits per heavy atom. The molecule has 0 spiro atoms. The van der Waals surface area contributed by atoms with E-state index < -0.39 is 0 Å². The van der Waals surface area contributed by atoms with Gasteiger partial charge in [-0.05, 0) is 55.5 Å². The first-order valence-corrected chi connectivity index (χ1v) is 10.5. The van der Waals surface area contributed by atoms with Crippen LogP contribution in [0, 0.1) is 11.3 Å². The van der Waals surface area contributed by atoms with Gasteiger partial charge in [-0.3, -0.25) is 10.4 Å². The van der Waals surface area contributed by atoms with Crippen molar-refractivity contribution in [3.8, 4) is 0 Å². The van der Waals surface area contributed by atoms with Gasteiger partial charge in [-0.15, -0.1) is 0 Å². The lowest BCUT2D eigenvalue weighted by Crippen LogP contribution is -2.14. The molecular weight excluding hydrogens is 350 g/mol. The first-order valence-electron chi connectivity index (χ1n) is 10.5. The Labute approximate surface area is 168 Å². The minimum absolute atomic E-state index is 0.276.